The summed E-state index contributed by atoms with van der Waals surface area (Å²) in [5.41, 5.74) is 0. The highest BCUT2D eigenvalue weighted by molar-refractivity contribution is 6.44. The Morgan fingerprint density at radius 1 is 0.526 bits per heavy atom. The molecule has 0 rings (SSSR count). The van der Waals surface area contributed by atoms with Gasteiger partial charge in [-0.05, 0) is 0 Å². The molecule has 2 N–H and O–H groups in total. The van der Waals surface area contributed by atoms with Crippen molar-refractivity contribution in [3.63, 3.8) is 0 Å². The molecule has 0 fully saturated rings. The Morgan fingerprint density at radius 2 is 0.842 bits per heavy atom. The average molecular weight is 314 g/mol. The van der Waals surface area contributed by atoms with Gasteiger partial charge in [-0.2, -0.15) is 39.5 Å². The predicted molar refractivity (Wildman–Crippen MR) is 36.0 cm³/mol. The molecule has 2 nitrogen and oxygen atoms in total. The van der Waals surface area contributed by atoms with E-state index in [1.165, 1.54) is 0 Å². The van der Waals surface area contributed by atoms with Crippen LogP contribution in [0, 0.1) is 0 Å². The van der Waals surface area contributed by atoms with Crippen molar-refractivity contribution in [2.75, 3.05) is 0 Å². The first kappa shape index (κ1) is 18.2. The number of rotatable bonds is 4. The van der Waals surface area contributed by atoms with Crippen LogP contribution in [0.3, 0.4) is 0 Å². The second kappa shape index (κ2) is 4.36. The Morgan fingerprint density at radius 3 is 1.05 bits per heavy atom. The fraction of sp³-hybridized carbons (Fsp3) is 1.00. The van der Waals surface area contributed by atoms with Gasteiger partial charge in [-0.1, -0.05) is 0 Å². The van der Waals surface area contributed by atoms with Crippen LogP contribution in [0.5, 0.6) is 0 Å². The van der Waals surface area contributed by atoms with Crippen LogP contribution in [0.4, 0.5) is 48.3 Å². The molecule has 14 heteroatoms. The molecular weight excluding hydrogens is 312 g/mol. The van der Waals surface area contributed by atoms with Gasteiger partial charge in [-0.15, -0.1) is 0 Å². The molecule has 0 aromatic rings. The molecule has 0 heterocycles. The van der Waals surface area contributed by atoms with Crippen LogP contribution in [0.15, 0.2) is 0 Å². The summed E-state index contributed by atoms with van der Waals surface area (Å²) in [6.45, 7) is 0. The first-order chi connectivity index (χ1) is 7.94. The Hall–Kier alpha value is -0.785. The van der Waals surface area contributed by atoms with Gasteiger partial charge < -0.3 is 10.0 Å². The quantitative estimate of drug-likeness (QED) is 0.616. The van der Waals surface area contributed by atoms with Gasteiger partial charge >= 0.3 is 36.9 Å². The first-order valence-electron chi connectivity index (χ1n) is 3.88. The first-order valence-corrected chi connectivity index (χ1v) is 3.88. The molecule has 0 saturated carbocycles. The van der Waals surface area contributed by atoms with Crippen molar-refractivity contribution in [3.8, 4) is 0 Å². The monoisotopic (exact) mass is 314 g/mol. The molecule has 0 amide bonds. The Balaban J connectivity index is 5.92. The third-order valence-electron chi connectivity index (χ3n) is 1.89. The molecule has 0 bridgehead atoms. The summed E-state index contributed by atoms with van der Waals surface area (Å²) in [5.74, 6) is -29.2. The summed E-state index contributed by atoms with van der Waals surface area (Å²) in [6.07, 6.45) is -7.27. The number of hydrogen-bond acceptors (Lipinski definition) is 2. The van der Waals surface area contributed by atoms with Crippen LogP contribution < -0.4 is 0 Å². The number of halogens is 11. The molecule has 114 valence electrons. The minimum Gasteiger partial charge on any atom is -0.423 e. The lowest BCUT2D eigenvalue weighted by Gasteiger charge is -2.36. The largest absolute Gasteiger partial charge is 0.536 e. The van der Waals surface area contributed by atoms with Crippen molar-refractivity contribution in [2.45, 2.75) is 29.8 Å². The van der Waals surface area contributed by atoms with Gasteiger partial charge in [0, 0.05) is 0 Å². The maximum atomic E-state index is 12.5. The van der Waals surface area contributed by atoms with Gasteiger partial charge in [0.1, 0.15) is 0 Å². The zero-order valence-corrected chi connectivity index (χ0v) is 8.13. The van der Waals surface area contributed by atoms with E-state index in [9.17, 15) is 48.3 Å². The summed E-state index contributed by atoms with van der Waals surface area (Å²) in [5, 5.41) is 15.4. The van der Waals surface area contributed by atoms with E-state index in [-0.39, 0.29) is 0 Å². The average Bonchev–Trinajstić information content (AvgIpc) is 2.14. The minimum atomic E-state index is -7.62. The molecule has 0 saturated heterocycles. The zero-order chi connectivity index (χ0) is 16.1. The Bertz CT molecular complexity index is 334. The molecule has 0 unspecified atom stereocenters. The lowest BCUT2D eigenvalue weighted by molar-refractivity contribution is -0.415. The molecule has 0 aromatic carbocycles. The standard InChI is InChI=1S/C5H2BF11O2/c7-1(8,3(11,12)5(15,16)17)2(9,10)4(13,14)6(18)19/h18-19H. The van der Waals surface area contributed by atoms with E-state index in [1.54, 1.807) is 0 Å². The van der Waals surface area contributed by atoms with E-state index in [4.69, 9.17) is 10.0 Å². The molecule has 0 radical (unpaired) electrons. The lowest BCUT2D eigenvalue weighted by Crippen LogP contribution is -2.69. The Labute approximate surface area is 96.5 Å². The van der Waals surface area contributed by atoms with Crippen LogP contribution in [0.1, 0.15) is 0 Å². The topological polar surface area (TPSA) is 40.5 Å². The SMILES string of the molecule is OB(O)C(F)(F)C(F)(F)C(F)(F)C(F)(F)C(F)(F)F. The van der Waals surface area contributed by atoms with E-state index in [0.29, 0.717) is 0 Å². The summed E-state index contributed by atoms with van der Waals surface area (Å²) in [6, 6.07) is 0. The van der Waals surface area contributed by atoms with Crippen molar-refractivity contribution in [1.82, 2.24) is 0 Å². The van der Waals surface area contributed by atoms with Crippen molar-refractivity contribution in [3.05, 3.63) is 0 Å². The number of alkyl halides is 11. The van der Waals surface area contributed by atoms with Crippen molar-refractivity contribution in [1.29, 1.82) is 0 Å². The summed E-state index contributed by atoms with van der Waals surface area (Å²) < 4.78 is 133. The molecule has 0 aliphatic carbocycles. The summed E-state index contributed by atoms with van der Waals surface area (Å²) in [4.78, 5) is 0. The van der Waals surface area contributed by atoms with E-state index in [0.717, 1.165) is 0 Å². The number of hydrogen-bond donors (Lipinski definition) is 2. The van der Waals surface area contributed by atoms with Gasteiger partial charge in [-0.25, -0.2) is 8.78 Å². The van der Waals surface area contributed by atoms with Crippen LogP contribution >= 0.6 is 0 Å². The highest BCUT2D eigenvalue weighted by Crippen LogP contribution is 2.57. The minimum absolute atomic E-state index is 4.59. The fourth-order valence-electron chi connectivity index (χ4n) is 0.747. The van der Waals surface area contributed by atoms with Gasteiger partial charge in [-0.3, -0.25) is 0 Å². The van der Waals surface area contributed by atoms with E-state index in [2.05, 4.69) is 0 Å². The Kier molecular flexibility index (Phi) is 4.18. The van der Waals surface area contributed by atoms with E-state index >= 15 is 0 Å². The zero-order valence-electron chi connectivity index (χ0n) is 8.13. The molecular formula is C5H2BF11O2. The van der Waals surface area contributed by atoms with Gasteiger partial charge in [0.2, 0.25) is 0 Å². The highest BCUT2D eigenvalue weighted by Gasteiger charge is 2.88. The van der Waals surface area contributed by atoms with Gasteiger partial charge in [0.25, 0.3) is 0 Å². The molecule has 0 aromatic heterocycles. The maximum absolute atomic E-state index is 12.5. The highest BCUT2D eigenvalue weighted by atomic mass is 19.4. The van der Waals surface area contributed by atoms with Gasteiger partial charge in [0.15, 0.2) is 0 Å². The lowest BCUT2D eigenvalue weighted by atomic mass is 9.74. The van der Waals surface area contributed by atoms with Gasteiger partial charge in [0.05, 0.1) is 0 Å². The van der Waals surface area contributed by atoms with Crippen molar-refractivity contribution < 1.29 is 58.3 Å². The second-order valence-corrected chi connectivity index (χ2v) is 3.22. The maximum Gasteiger partial charge on any atom is 0.536 e. The van der Waals surface area contributed by atoms with Crippen LogP contribution in [0.2, 0.25) is 0 Å². The molecule has 0 atom stereocenters. The van der Waals surface area contributed by atoms with Crippen molar-refractivity contribution in [2.24, 2.45) is 0 Å². The smallest absolute Gasteiger partial charge is 0.423 e. The van der Waals surface area contributed by atoms with Crippen LogP contribution in [-0.4, -0.2) is 46.9 Å². The summed E-state index contributed by atoms with van der Waals surface area (Å²) in [7, 11) is -4.59. The van der Waals surface area contributed by atoms with Crippen LogP contribution in [0.25, 0.3) is 0 Å². The predicted octanol–water partition coefficient (Wildman–Crippen LogP) is 2.10. The summed E-state index contributed by atoms with van der Waals surface area (Å²) >= 11 is 0. The van der Waals surface area contributed by atoms with Crippen LogP contribution in [-0.2, 0) is 0 Å². The third-order valence-corrected chi connectivity index (χ3v) is 1.89. The normalized spacial score (nSPS) is 15.6. The fourth-order valence-corrected chi connectivity index (χ4v) is 0.747. The molecule has 19 heavy (non-hydrogen) atoms. The molecule has 0 spiro atoms. The molecule has 0 aliphatic heterocycles. The van der Waals surface area contributed by atoms with E-state index < -0.39 is 36.9 Å². The molecule has 0 aliphatic rings. The van der Waals surface area contributed by atoms with Crippen molar-refractivity contribution >= 4 is 7.12 Å². The van der Waals surface area contributed by atoms with E-state index in [1.807, 2.05) is 0 Å². The third kappa shape index (κ3) is 2.35. The second-order valence-electron chi connectivity index (χ2n) is 3.22.